The van der Waals surface area contributed by atoms with Crippen molar-refractivity contribution in [3.8, 4) is 0 Å². The molecule has 0 radical (unpaired) electrons. The van der Waals surface area contributed by atoms with Gasteiger partial charge in [-0.1, -0.05) is 19.3 Å². The smallest absolute Gasteiger partial charge is 0.310 e. The minimum atomic E-state index is -1.16. The maximum absolute atomic E-state index is 12.0. The van der Waals surface area contributed by atoms with Crippen LogP contribution in [-0.2, 0) is 14.4 Å². The number of carbonyl (C=O) groups excluding carboxylic acids is 2. The van der Waals surface area contributed by atoms with Crippen molar-refractivity contribution in [3.63, 3.8) is 0 Å². The van der Waals surface area contributed by atoms with E-state index in [1.54, 1.807) is 0 Å². The number of aliphatic carboxylic acids is 1. The van der Waals surface area contributed by atoms with Crippen molar-refractivity contribution in [1.29, 1.82) is 0 Å². The van der Waals surface area contributed by atoms with Crippen LogP contribution in [0.15, 0.2) is 0 Å². The van der Waals surface area contributed by atoms with Crippen molar-refractivity contribution in [2.75, 3.05) is 0 Å². The van der Waals surface area contributed by atoms with Crippen LogP contribution in [0.3, 0.4) is 0 Å². The molecule has 19 heavy (non-hydrogen) atoms. The number of nitrogens with one attached hydrogen (secondary N) is 1. The standard InChI is InChI=1S/C13H22N2O4/c1-12(2,10(14)17)15-9(16)8-13(11(18)19)6-4-3-5-7-13/h3-8H2,1-2H3,(H2,14,17)(H,15,16)(H,18,19). The number of carboxylic acid groups (broad SMARTS) is 1. The number of hydrogen-bond acceptors (Lipinski definition) is 3. The largest absolute Gasteiger partial charge is 0.481 e. The third-order valence-electron chi connectivity index (χ3n) is 3.83. The van der Waals surface area contributed by atoms with E-state index in [1.807, 2.05) is 0 Å². The summed E-state index contributed by atoms with van der Waals surface area (Å²) in [4.78, 5) is 34.6. The summed E-state index contributed by atoms with van der Waals surface area (Å²) in [5, 5.41) is 11.9. The molecule has 0 aromatic carbocycles. The van der Waals surface area contributed by atoms with Crippen molar-refractivity contribution in [1.82, 2.24) is 5.32 Å². The third kappa shape index (κ3) is 3.68. The quantitative estimate of drug-likeness (QED) is 0.686. The van der Waals surface area contributed by atoms with Gasteiger partial charge in [0.2, 0.25) is 11.8 Å². The van der Waals surface area contributed by atoms with Gasteiger partial charge in [-0.2, -0.15) is 0 Å². The zero-order chi connectivity index (χ0) is 14.7. The highest BCUT2D eigenvalue weighted by Crippen LogP contribution is 2.39. The van der Waals surface area contributed by atoms with E-state index in [4.69, 9.17) is 5.73 Å². The van der Waals surface area contributed by atoms with Crippen LogP contribution in [0.1, 0.15) is 52.4 Å². The lowest BCUT2D eigenvalue weighted by Gasteiger charge is -2.33. The van der Waals surface area contributed by atoms with Gasteiger partial charge in [-0.3, -0.25) is 14.4 Å². The van der Waals surface area contributed by atoms with Crippen molar-refractivity contribution in [3.05, 3.63) is 0 Å². The molecule has 0 unspecified atom stereocenters. The normalized spacial score (nSPS) is 18.6. The first-order valence-corrected chi connectivity index (χ1v) is 6.54. The van der Waals surface area contributed by atoms with Crippen LogP contribution in [0.25, 0.3) is 0 Å². The van der Waals surface area contributed by atoms with Gasteiger partial charge in [-0.05, 0) is 26.7 Å². The second-order valence-corrected chi connectivity index (χ2v) is 5.86. The van der Waals surface area contributed by atoms with Crippen molar-refractivity contribution in [2.24, 2.45) is 11.1 Å². The molecular weight excluding hydrogens is 248 g/mol. The molecule has 6 nitrogen and oxygen atoms in total. The Labute approximate surface area is 112 Å². The number of rotatable bonds is 5. The van der Waals surface area contributed by atoms with Gasteiger partial charge in [0.05, 0.1) is 5.41 Å². The third-order valence-corrected chi connectivity index (χ3v) is 3.83. The Bertz CT molecular complexity index is 384. The van der Waals surface area contributed by atoms with Crippen molar-refractivity contribution < 1.29 is 19.5 Å². The van der Waals surface area contributed by atoms with Gasteiger partial charge in [0.1, 0.15) is 5.54 Å². The summed E-state index contributed by atoms with van der Waals surface area (Å²) < 4.78 is 0. The van der Waals surface area contributed by atoms with Crippen LogP contribution >= 0.6 is 0 Å². The van der Waals surface area contributed by atoms with Crippen LogP contribution in [0.5, 0.6) is 0 Å². The lowest BCUT2D eigenvalue weighted by molar-refractivity contribution is -0.154. The second kappa shape index (κ2) is 5.59. The highest BCUT2D eigenvalue weighted by molar-refractivity contribution is 5.91. The maximum Gasteiger partial charge on any atom is 0.310 e. The lowest BCUT2D eigenvalue weighted by atomic mass is 9.71. The molecule has 0 saturated heterocycles. The first-order valence-electron chi connectivity index (χ1n) is 6.54. The summed E-state index contributed by atoms with van der Waals surface area (Å²) in [5.41, 5.74) is 3.02. The molecule has 0 spiro atoms. The maximum atomic E-state index is 12.0. The molecule has 1 fully saturated rings. The fourth-order valence-corrected chi connectivity index (χ4v) is 2.46. The summed E-state index contributed by atoms with van der Waals surface area (Å²) in [6.45, 7) is 3.00. The Balaban J connectivity index is 2.73. The molecule has 1 aliphatic rings. The molecule has 0 atom stereocenters. The molecule has 4 N–H and O–H groups in total. The predicted molar refractivity (Wildman–Crippen MR) is 69.2 cm³/mol. The number of amides is 2. The zero-order valence-corrected chi connectivity index (χ0v) is 11.5. The number of carboxylic acids is 1. The van der Waals surface area contributed by atoms with Crippen LogP contribution in [0, 0.1) is 5.41 Å². The summed E-state index contributed by atoms with van der Waals surface area (Å²) in [6, 6.07) is 0. The van der Waals surface area contributed by atoms with E-state index in [2.05, 4.69) is 5.32 Å². The highest BCUT2D eigenvalue weighted by Gasteiger charge is 2.42. The van der Waals surface area contributed by atoms with Crippen LogP contribution in [0.2, 0.25) is 0 Å². The average molecular weight is 270 g/mol. The van der Waals surface area contributed by atoms with E-state index in [9.17, 15) is 19.5 Å². The number of primary amides is 1. The molecule has 108 valence electrons. The van der Waals surface area contributed by atoms with Gasteiger partial charge in [0.25, 0.3) is 0 Å². The van der Waals surface area contributed by atoms with Crippen LogP contribution in [-0.4, -0.2) is 28.4 Å². The molecule has 2 amide bonds. The Morgan fingerprint density at radius 2 is 1.74 bits per heavy atom. The Hall–Kier alpha value is -1.59. The van der Waals surface area contributed by atoms with E-state index >= 15 is 0 Å². The van der Waals surface area contributed by atoms with Gasteiger partial charge in [0, 0.05) is 6.42 Å². The Morgan fingerprint density at radius 1 is 1.21 bits per heavy atom. The fraction of sp³-hybridized carbons (Fsp3) is 0.769. The predicted octanol–water partition coefficient (Wildman–Crippen LogP) is 0.792. The van der Waals surface area contributed by atoms with E-state index in [0.717, 1.165) is 19.3 Å². The summed E-state index contributed by atoms with van der Waals surface area (Å²) in [6.07, 6.45) is 3.56. The number of nitrogens with two attached hydrogens (primary N) is 1. The van der Waals surface area contributed by atoms with E-state index in [0.29, 0.717) is 12.8 Å². The first kappa shape index (κ1) is 15.5. The SMILES string of the molecule is CC(C)(NC(=O)CC1(C(=O)O)CCCCC1)C(N)=O. The van der Waals surface area contributed by atoms with Gasteiger partial charge in [-0.25, -0.2) is 0 Å². The Kier molecular flexibility index (Phi) is 4.55. The zero-order valence-electron chi connectivity index (χ0n) is 11.5. The molecule has 1 aliphatic carbocycles. The number of hydrogen-bond donors (Lipinski definition) is 3. The van der Waals surface area contributed by atoms with Crippen LogP contribution < -0.4 is 11.1 Å². The molecule has 0 aliphatic heterocycles. The van der Waals surface area contributed by atoms with E-state index in [1.165, 1.54) is 13.8 Å². The lowest BCUT2D eigenvalue weighted by Crippen LogP contribution is -2.54. The molecule has 0 bridgehead atoms. The summed E-state index contributed by atoms with van der Waals surface area (Å²) in [5.74, 6) is -2.01. The molecule has 0 heterocycles. The number of carbonyl (C=O) groups is 3. The molecule has 0 aromatic heterocycles. The van der Waals surface area contributed by atoms with Crippen molar-refractivity contribution >= 4 is 17.8 Å². The minimum absolute atomic E-state index is 0.0982. The van der Waals surface area contributed by atoms with Crippen LogP contribution in [0.4, 0.5) is 0 Å². The average Bonchev–Trinajstić information content (AvgIpc) is 2.28. The summed E-state index contributed by atoms with van der Waals surface area (Å²) >= 11 is 0. The van der Waals surface area contributed by atoms with Gasteiger partial charge < -0.3 is 16.2 Å². The minimum Gasteiger partial charge on any atom is -0.481 e. The molecule has 1 saturated carbocycles. The highest BCUT2D eigenvalue weighted by atomic mass is 16.4. The topological polar surface area (TPSA) is 109 Å². The second-order valence-electron chi connectivity index (χ2n) is 5.86. The molecule has 6 heteroatoms. The summed E-state index contributed by atoms with van der Waals surface area (Å²) in [7, 11) is 0. The molecule has 1 rings (SSSR count). The van der Waals surface area contributed by atoms with E-state index < -0.39 is 28.7 Å². The Morgan fingerprint density at radius 3 is 2.16 bits per heavy atom. The van der Waals surface area contributed by atoms with Gasteiger partial charge >= 0.3 is 5.97 Å². The monoisotopic (exact) mass is 270 g/mol. The van der Waals surface area contributed by atoms with E-state index in [-0.39, 0.29) is 6.42 Å². The van der Waals surface area contributed by atoms with Gasteiger partial charge in [0.15, 0.2) is 0 Å². The molecular formula is C13H22N2O4. The first-order chi connectivity index (χ1) is 8.69. The van der Waals surface area contributed by atoms with Crippen molar-refractivity contribution in [2.45, 2.75) is 57.9 Å². The fourth-order valence-electron chi connectivity index (χ4n) is 2.46. The molecule has 0 aromatic rings. The van der Waals surface area contributed by atoms with Gasteiger partial charge in [-0.15, -0.1) is 0 Å².